The zero-order chi connectivity index (χ0) is 16.4. The van der Waals surface area contributed by atoms with Crippen molar-refractivity contribution in [3.63, 3.8) is 0 Å². The number of benzene rings is 1. The molecular weight excluding hydrogens is 288 g/mol. The highest BCUT2D eigenvalue weighted by atomic mass is 16.1. The zero-order valence-electron chi connectivity index (χ0n) is 13.5. The second kappa shape index (κ2) is 6.25. The Hall–Kier alpha value is -2.61. The maximum Gasteiger partial charge on any atom is 0.273 e. The standard InChI is InChI=1S/C18H20N4O/c1-3-22-13(2)20-17(16(12-19)18(22)23)21-10-8-14-6-4-5-7-15(14)9-11-21/h4-7H,3,8-11H2,1-2H3. The maximum absolute atomic E-state index is 12.5. The molecule has 1 aliphatic heterocycles. The van der Waals surface area contributed by atoms with E-state index < -0.39 is 0 Å². The van der Waals surface area contributed by atoms with Crippen LogP contribution in [0.3, 0.4) is 0 Å². The Balaban J connectivity index is 2.00. The molecule has 0 N–H and O–H groups in total. The molecule has 1 aliphatic rings. The number of rotatable bonds is 2. The number of fused-ring (bicyclic) bond motifs is 1. The predicted molar refractivity (Wildman–Crippen MR) is 89.7 cm³/mol. The van der Waals surface area contributed by atoms with Crippen molar-refractivity contribution in [1.29, 1.82) is 5.26 Å². The SMILES string of the molecule is CCn1c(C)nc(N2CCc3ccccc3CC2)c(C#N)c1=O. The Bertz CT molecular complexity index is 805. The molecule has 0 bridgehead atoms. The number of hydrogen-bond acceptors (Lipinski definition) is 4. The molecule has 0 saturated carbocycles. The van der Waals surface area contributed by atoms with Crippen molar-refractivity contribution in [2.45, 2.75) is 33.2 Å². The molecule has 5 nitrogen and oxygen atoms in total. The highest BCUT2D eigenvalue weighted by molar-refractivity contribution is 5.54. The number of aromatic nitrogens is 2. The van der Waals surface area contributed by atoms with Gasteiger partial charge in [-0.3, -0.25) is 9.36 Å². The van der Waals surface area contributed by atoms with Crippen LogP contribution < -0.4 is 10.5 Å². The Labute approximate surface area is 135 Å². The van der Waals surface area contributed by atoms with E-state index in [-0.39, 0.29) is 11.1 Å². The average Bonchev–Trinajstić information content (AvgIpc) is 2.77. The Morgan fingerprint density at radius 2 is 1.83 bits per heavy atom. The molecule has 0 atom stereocenters. The van der Waals surface area contributed by atoms with Crippen molar-refractivity contribution < 1.29 is 0 Å². The smallest absolute Gasteiger partial charge is 0.273 e. The van der Waals surface area contributed by atoms with Crippen molar-refractivity contribution in [1.82, 2.24) is 9.55 Å². The van der Waals surface area contributed by atoms with Gasteiger partial charge in [-0.2, -0.15) is 5.26 Å². The molecule has 0 amide bonds. The third kappa shape index (κ3) is 2.72. The van der Waals surface area contributed by atoms with Crippen molar-refractivity contribution in [2.75, 3.05) is 18.0 Å². The number of hydrogen-bond donors (Lipinski definition) is 0. The van der Waals surface area contributed by atoms with Crippen LogP contribution in [0.5, 0.6) is 0 Å². The lowest BCUT2D eigenvalue weighted by Gasteiger charge is -2.23. The molecule has 5 heteroatoms. The van der Waals surface area contributed by atoms with Gasteiger partial charge in [-0.05, 0) is 37.8 Å². The molecule has 0 radical (unpaired) electrons. The summed E-state index contributed by atoms with van der Waals surface area (Å²) in [6.45, 7) is 5.78. The zero-order valence-corrected chi connectivity index (χ0v) is 13.5. The molecule has 2 aromatic rings. The van der Waals surface area contributed by atoms with Crippen molar-refractivity contribution >= 4 is 5.82 Å². The van der Waals surface area contributed by atoms with E-state index in [2.05, 4.69) is 40.2 Å². The van der Waals surface area contributed by atoms with E-state index >= 15 is 0 Å². The summed E-state index contributed by atoms with van der Waals surface area (Å²) in [7, 11) is 0. The minimum atomic E-state index is -0.237. The third-order valence-corrected chi connectivity index (χ3v) is 4.49. The second-order valence-electron chi connectivity index (χ2n) is 5.77. The fourth-order valence-electron chi connectivity index (χ4n) is 3.23. The van der Waals surface area contributed by atoms with Crippen molar-refractivity contribution in [2.24, 2.45) is 0 Å². The first kappa shape index (κ1) is 15.3. The maximum atomic E-state index is 12.5. The topological polar surface area (TPSA) is 61.9 Å². The summed E-state index contributed by atoms with van der Waals surface area (Å²) >= 11 is 0. The number of nitrogens with zero attached hydrogens (tertiary/aromatic N) is 4. The molecule has 0 unspecified atom stereocenters. The van der Waals surface area contributed by atoms with E-state index in [9.17, 15) is 10.1 Å². The summed E-state index contributed by atoms with van der Waals surface area (Å²) in [6.07, 6.45) is 1.80. The van der Waals surface area contributed by atoms with E-state index in [4.69, 9.17) is 0 Å². The fourth-order valence-corrected chi connectivity index (χ4v) is 3.23. The van der Waals surface area contributed by atoms with Gasteiger partial charge in [0, 0.05) is 19.6 Å². The first-order valence-corrected chi connectivity index (χ1v) is 7.99. The summed E-state index contributed by atoms with van der Waals surface area (Å²) < 4.78 is 1.55. The summed E-state index contributed by atoms with van der Waals surface area (Å²) in [5.74, 6) is 1.20. The van der Waals surface area contributed by atoms with Gasteiger partial charge in [-0.15, -0.1) is 0 Å². The minimum absolute atomic E-state index is 0.156. The van der Waals surface area contributed by atoms with Crippen LogP contribution in [0.2, 0.25) is 0 Å². The lowest BCUT2D eigenvalue weighted by molar-refractivity contribution is 0.663. The van der Waals surface area contributed by atoms with Crippen molar-refractivity contribution in [3.05, 3.63) is 57.1 Å². The molecule has 2 heterocycles. The molecule has 0 fully saturated rings. The molecule has 3 rings (SSSR count). The molecule has 1 aromatic heterocycles. The van der Waals surface area contributed by atoms with Gasteiger partial charge in [-0.25, -0.2) is 4.98 Å². The Morgan fingerprint density at radius 3 is 2.35 bits per heavy atom. The first-order chi connectivity index (χ1) is 11.2. The lowest BCUT2D eigenvalue weighted by Crippen LogP contribution is -2.34. The van der Waals surface area contributed by atoms with Crippen LogP contribution in [0.15, 0.2) is 29.1 Å². The highest BCUT2D eigenvalue weighted by Gasteiger charge is 2.21. The van der Waals surface area contributed by atoms with E-state index in [1.165, 1.54) is 11.1 Å². The Morgan fingerprint density at radius 1 is 1.22 bits per heavy atom. The van der Waals surface area contributed by atoms with Crippen molar-refractivity contribution in [3.8, 4) is 6.07 Å². The van der Waals surface area contributed by atoms with E-state index in [0.717, 1.165) is 25.9 Å². The third-order valence-electron chi connectivity index (χ3n) is 4.49. The molecule has 0 spiro atoms. The summed E-state index contributed by atoms with van der Waals surface area (Å²) in [5, 5.41) is 9.45. The normalized spacial score (nSPS) is 14.0. The van der Waals surface area contributed by atoms with Crippen LogP contribution in [0.1, 0.15) is 29.4 Å². The molecule has 23 heavy (non-hydrogen) atoms. The molecule has 118 valence electrons. The van der Waals surface area contributed by atoms with E-state index in [0.29, 0.717) is 18.2 Å². The van der Waals surface area contributed by atoms with Crippen LogP contribution in [0, 0.1) is 18.3 Å². The number of aryl methyl sites for hydroxylation is 1. The molecule has 0 saturated heterocycles. The molecule has 1 aromatic carbocycles. The average molecular weight is 308 g/mol. The van der Waals surface area contributed by atoms with Gasteiger partial charge in [0.2, 0.25) is 0 Å². The highest BCUT2D eigenvalue weighted by Crippen LogP contribution is 2.21. The van der Waals surface area contributed by atoms with Crippen LogP contribution in [0.25, 0.3) is 0 Å². The van der Waals surface area contributed by atoms with Crippen LogP contribution in [-0.2, 0) is 19.4 Å². The lowest BCUT2D eigenvalue weighted by atomic mass is 10.0. The molecular formula is C18H20N4O. The van der Waals surface area contributed by atoms with Crippen LogP contribution in [-0.4, -0.2) is 22.6 Å². The summed E-state index contributed by atoms with van der Waals surface area (Å²) in [4.78, 5) is 19.1. The van der Waals surface area contributed by atoms with Crippen LogP contribution >= 0.6 is 0 Å². The van der Waals surface area contributed by atoms with Gasteiger partial charge in [0.05, 0.1) is 0 Å². The van der Waals surface area contributed by atoms with Gasteiger partial charge in [0.1, 0.15) is 11.9 Å². The second-order valence-corrected chi connectivity index (χ2v) is 5.77. The summed E-state index contributed by atoms with van der Waals surface area (Å²) in [5.41, 5.74) is 2.60. The Kier molecular flexibility index (Phi) is 4.16. The first-order valence-electron chi connectivity index (χ1n) is 7.99. The van der Waals surface area contributed by atoms with Crippen LogP contribution in [0.4, 0.5) is 5.82 Å². The predicted octanol–water partition coefficient (Wildman–Crippen LogP) is 2.05. The fraction of sp³-hybridized carbons (Fsp3) is 0.389. The van der Waals surface area contributed by atoms with E-state index in [1.807, 2.05) is 13.8 Å². The molecule has 0 aliphatic carbocycles. The number of nitriles is 1. The quantitative estimate of drug-likeness (QED) is 0.852. The van der Waals surface area contributed by atoms with Gasteiger partial charge in [0.25, 0.3) is 5.56 Å². The monoisotopic (exact) mass is 308 g/mol. The van der Waals surface area contributed by atoms with E-state index in [1.54, 1.807) is 4.57 Å². The van der Waals surface area contributed by atoms with Gasteiger partial charge in [0.15, 0.2) is 11.4 Å². The van der Waals surface area contributed by atoms with Gasteiger partial charge >= 0.3 is 0 Å². The minimum Gasteiger partial charge on any atom is -0.355 e. The largest absolute Gasteiger partial charge is 0.355 e. The number of anilines is 1. The van der Waals surface area contributed by atoms with Gasteiger partial charge < -0.3 is 4.90 Å². The summed E-state index contributed by atoms with van der Waals surface area (Å²) in [6, 6.07) is 10.5. The van der Waals surface area contributed by atoms with Gasteiger partial charge in [-0.1, -0.05) is 24.3 Å².